The summed E-state index contributed by atoms with van der Waals surface area (Å²) in [6.45, 7) is 9.32. The van der Waals surface area contributed by atoms with Gasteiger partial charge in [0.25, 0.3) is 0 Å². The molecular weight excluding hydrogens is 334 g/mol. The van der Waals surface area contributed by atoms with Gasteiger partial charge in [-0.25, -0.2) is 0 Å². The molecule has 0 aromatic heterocycles. The summed E-state index contributed by atoms with van der Waals surface area (Å²) in [5.74, 6) is 0.779. The van der Waals surface area contributed by atoms with Crippen LogP contribution in [0.5, 0.6) is 0 Å². The van der Waals surface area contributed by atoms with Crippen molar-refractivity contribution in [2.45, 2.75) is 45.7 Å². The van der Waals surface area contributed by atoms with E-state index in [2.05, 4.69) is 59.7 Å². The summed E-state index contributed by atoms with van der Waals surface area (Å²) in [6.07, 6.45) is 3.25. The maximum atomic E-state index is 12.7. The number of piperidine rings is 1. The molecule has 140 valence electrons. The van der Waals surface area contributed by atoms with Crippen molar-refractivity contribution >= 4 is 18.3 Å². The molecule has 1 amide bonds. The third-order valence-electron chi connectivity index (χ3n) is 5.77. The second-order valence-corrected chi connectivity index (χ2v) is 7.87. The predicted octanol–water partition coefficient (Wildman–Crippen LogP) is 2.82. The van der Waals surface area contributed by atoms with Gasteiger partial charge < -0.3 is 10.6 Å². The van der Waals surface area contributed by atoms with Crippen LogP contribution in [0.2, 0.25) is 0 Å². The molecule has 0 aliphatic carbocycles. The highest BCUT2D eigenvalue weighted by molar-refractivity contribution is 5.85. The number of likely N-dealkylation sites (tertiary alicyclic amines) is 1. The van der Waals surface area contributed by atoms with Crippen LogP contribution >= 0.6 is 12.4 Å². The Morgan fingerprint density at radius 3 is 2.84 bits per heavy atom. The van der Waals surface area contributed by atoms with E-state index in [4.69, 9.17) is 0 Å². The van der Waals surface area contributed by atoms with Gasteiger partial charge in [0.1, 0.15) is 0 Å². The Bertz CT molecular complexity index is 545. The molecule has 0 bridgehead atoms. The zero-order valence-corrected chi connectivity index (χ0v) is 16.3. The molecule has 2 aliphatic rings. The summed E-state index contributed by atoms with van der Waals surface area (Å²) >= 11 is 0. The quantitative estimate of drug-likeness (QED) is 0.843. The van der Waals surface area contributed by atoms with Gasteiger partial charge in [-0.2, -0.15) is 0 Å². The Balaban J connectivity index is 0.00000225. The van der Waals surface area contributed by atoms with Crippen LogP contribution in [0.25, 0.3) is 0 Å². The fourth-order valence-corrected chi connectivity index (χ4v) is 4.00. The highest BCUT2D eigenvalue weighted by atomic mass is 35.5. The minimum absolute atomic E-state index is 0. The zero-order chi connectivity index (χ0) is 17.0. The van der Waals surface area contributed by atoms with Crippen molar-refractivity contribution in [2.24, 2.45) is 11.3 Å². The van der Waals surface area contributed by atoms with Crippen molar-refractivity contribution in [3.63, 3.8) is 0 Å². The highest BCUT2D eigenvalue weighted by Crippen LogP contribution is 2.27. The summed E-state index contributed by atoms with van der Waals surface area (Å²) in [6, 6.07) is 10.9. The fourth-order valence-electron chi connectivity index (χ4n) is 4.00. The first-order chi connectivity index (χ1) is 11.6. The van der Waals surface area contributed by atoms with E-state index < -0.39 is 0 Å². The molecule has 3 atom stereocenters. The van der Waals surface area contributed by atoms with Crippen LogP contribution in [-0.2, 0) is 11.3 Å². The average Bonchev–Trinajstić information content (AvgIpc) is 3.05. The Hall–Kier alpha value is -1.10. The topological polar surface area (TPSA) is 44.4 Å². The van der Waals surface area contributed by atoms with E-state index in [0.717, 1.165) is 45.6 Å². The van der Waals surface area contributed by atoms with E-state index in [-0.39, 0.29) is 29.8 Å². The van der Waals surface area contributed by atoms with Crippen molar-refractivity contribution in [3.8, 4) is 0 Å². The summed E-state index contributed by atoms with van der Waals surface area (Å²) < 4.78 is 0. The first kappa shape index (κ1) is 20.2. The first-order valence-electron chi connectivity index (χ1n) is 9.35. The molecule has 0 spiro atoms. The predicted molar refractivity (Wildman–Crippen MR) is 105 cm³/mol. The van der Waals surface area contributed by atoms with Crippen LogP contribution in [0.3, 0.4) is 0 Å². The van der Waals surface area contributed by atoms with E-state index in [0.29, 0.717) is 5.92 Å². The van der Waals surface area contributed by atoms with Crippen LogP contribution in [-0.4, -0.2) is 43.0 Å². The third-order valence-corrected chi connectivity index (χ3v) is 5.77. The molecule has 2 fully saturated rings. The Kier molecular flexibility index (Phi) is 7.29. The lowest BCUT2D eigenvalue weighted by atomic mass is 9.81. The molecule has 25 heavy (non-hydrogen) atoms. The van der Waals surface area contributed by atoms with Gasteiger partial charge in [-0.3, -0.25) is 9.69 Å². The summed E-state index contributed by atoms with van der Waals surface area (Å²) in [4.78, 5) is 15.2. The van der Waals surface area contributed by atoms with Gasteiger partial charge >= 0.3 is 0 Å². The number of halogens is 1. The SMILES string of the molecule is CC(NC(=O)C1(C)CCCNC1)C1CCN(Cc2ccccc2)C1.Cl. The Labute approximate surface area is 158 Å². The zero-order valence-electron chi connectivity index (χ0n) is 15.5. The summed E-state index contributed by atoms with van der Waals surface area (Å²) in [5.41, 5.74) is 1.13. The molecule has 5 heteroatoms. The highest BCUT2D eigenvalue weighted by Gasteiger charge is 2.36. The number of amides is 1. The number of benzene rings is 1. The summed E-state index contributed by atoms with van der Waals surface area (Å²) in [7, 11) is 0. The van der Waals surface area contributed by atoms with Crippen LogP contribution in [0, 0.1) is 11.3 Å². The number of hydrogen-bond acceptors (Lipinski definition) is 3. The lowest BCUT2D eigenvalue weighted by Gasteiger charge is -2.34. The van der Waals surface area contributed by atoms with Crippen LogP contribution in [0.4, 0.5) is 0 Å². The molecular formula is C20H32ClN3O. The van der Waals surface area contributed by atoms with E-state index in [1.165, 1.54) is 12.0 Å². The van der Waals surface area contributed by atoms with Crippen molar-refractivity contribution in [3.05, 3.63) is 35.9 Å². The van der Waals surface area contributed by atoms with Crippen LogP contribution in [0.15, 0.2) is 30.3 Å². The van der Waals surface area contributed by atoms with Crippen molar-refractivity contribution < 1.29 is 4.79 Å². The third kappa shape index (κ3) is 5.19. The van der Waals surface area contributed by atoms with E-state index in [1.54, 1.807) is 0 Å². The maximum absolute atomic E-state index is 12.7. The van der Waals surface area contributed by atoms with E-state index >= 15 is 0 Å². The monoisotopic (exact) mass is 365 g/mol. The lowest BCUT2D eigenvalue weighted by molar-refractivity contribution is -0.132. The molecule has 3 unspecified atom stereocenters. The fraction of sp³-hybridized carbons (Fsp3) is 0.650. The molecule has 2 saturated heterocycles. The standard InChI is InChI=1S/C20H31N3O.ClH/c1-16(22-19(24)20(2)10-6-11-21-15-20)18-9-12-23(14-18)13-17-7-4-3-5-8-17;/h3-5,7-8,16,18,21H,6,9-15H2,1-2H3,(H,22,24);1H. The molecule has 4 nitrogen and oxygen atoms in total. The van der Waals surface area contributed by atoms with Crippen molar-refractivity contribution in [2.75, 3.05) is 26.2 Å². The number of rotatable bonds is 5. The molecule has 0 saturated carbocycles. The maximum Gasteiger partial charge on any atom is 0.227 e. The molecule has 3 rings (SSSR count). The first-order valence-corrected chi connectivity index (χ1v) is 9.35. The Morgan fingerprint density at radius 1 is 1.40 bits per heavy atom. The van der Waals surface area contributed by atoms with Gasteiger partial charge in [0.15, 0.2) is 0 Å². The molecule has 1 aromatic rings. The van der Waals surface area contributed by atoms with Gasteiger partial charge in [-0.1, -0.05) is 30.3 Å². The van der Waals surface area contributed by atoms with E-state index in [9.17, 15) is 4.79 Å². The van der Waals surface area contributed by atoms with Crippen LogP contribution < -0.4 is 10.6 Å². The smallest absolute Gasteiger partial charge is 0.227 e. The minimum atomic E-state index is -0.241. The van der Waals surface area contributed by atoms with Gasteiger partial charge in [0, 0.05) is 25.7 Å². The van der Waals surface area contributed by atoms with E-state index in [1.807, 2.05) is 0 Å². The molecule has 1 aromatic carbocycles. The average molecular weight is 366 g/mol. The lowest BCUT2D eigenvalue weighted by Crippen LogP contribution is -2.52. The van der Waals surface area contributed by atoms with Gasteiger partial charge in [-0.05, 0) is 57.7 Å². The number of nitrogens with one attached hydrogen (secondary N) is 2. The molecule has 2 N–H and O–H groups in total. The molecule has 0 radical (unpaired) electrons. The number of carbonyl (C=O) groups is 1. The number of carbonyl (C=O) groups excluding carboxylic acids is 1. The Morgan fingerprint density at radius 2 is 2.16 bits per heavy atom. The number of hydrogen-bond donors (Lipinski definition) is 2. The molecule has 2 aliphatic heterocycles. The van der Waals surface area contributed by atoms with Crippen molar-refractivity contribution in [1.29, 1.82) is 0 Å². The van der Waals surface area contributed by atoms with Crippen LogP contribution in [0.1, 0.15) is 38.7 Å². The summed E-state index contributed by atoms with van der Waals surface area (Å²) in [5, 5.41) is 6.68. The number of nitrogens with zero attached hydrogens (tertiary/aromatic N) is 1. The van der Waals surface area contributed by atoms with Crippen molar-refractivity contribution in [1.82, 2.24) is 15.5 Å². The molecule has 2 heterocycles. The second kappa shape index (κ2) is 9.02. The minimum Gasteiger partial charge on any atom is -0.353 e. The van der Waals surface area contributed by atoms with Gasteiger partial charge in [0.2, 0.25) is 5.91 Å². The normalized spacial score (nSPS) is 28.2. The largest absolute Gasteiger partial charge is 0.353 e. The van der Waals surface area contributed by atoms with Gasteiger partial charge in [-0.15, -0.1) is 12.4 Å². The second-order valence-electron chi connectivity index (χ2n) is 7.87. The van der Waals surface area contributed by atoms with Gasteiger partial charge in [0.05, 0.1) is 5.41 Å².